The van der Waals surface area contributed by atoms with E-state index in [1.54, 1.807) is 0 Å². The Balaban J connectivity index is 1.63. The number of ether oxygens (including phenoxy) is 9. The summed E-state index contributed by atoms with van der Waals surface area (Å²) in [5.74, 6) is -2.83. The SMILES string of the molecule is COC1OC(CO)C(OC2OC(CO)C(OC3OC(CO)C(OC4OC(CO)C(OC)C(O)C4NC(C)=O)C(O)C3NCC(=O)O)C(O)C2NC(C)=O)C(O)C1NC(=O)O. The predicted octanol–water partition coefficient (Wildman–Crippen LogP) is -8.20. The molecule has 20 atom stereocenters. The normalized spacial score (nSPS) is 42.2. The second-order valence-corrected chi connectivity index (χ2v) is 14.3. The number of carbonyl (C=O) groups is 4. The van der Waals surface area contributed by atoms with Crippen LogP contribution < -0.4 is 21.3 Å². The van der Waals surface area contributed by atoms with Crippen molar-refractivity contribution in [1.82, 2.24) is 21.3 Å². The van der Waals surface area contributed by atoms with Crippen LogP contribution in [0.3, 0.4) is 0 Å². The molecule has 27 heteroatoms. The van der Waals surface area contributed by atoms with Gasteiger partial charge in [-0.3, -0.25) is 19.7 Å². The summed E-state index contributed by atoms with van der Waals surface area (Å²) in [5.41, 5.74) is 0. The molecule has 346 valence electrons. The molecule has 0 aromatic carbocycles. The van der Waals surface area contributed by atoms with Crippen LogP contribution in [0.1, 0.15) is 13.8 Å². The van der Waals surface area contributed by atoms with Gasteiger partial charge in [0.2, 0.25) is 11.8 Å². The van der Waals surface area contributed by atoms with Crippen molar-refractivity contribution in [2.24, 2.45) is 0 Å². The fourth-order valence-corrected chi connectivity index (χ4v) is 7.57. The van der Waals surface area contributed by atoms with Crippen LogP contribution in [0, 0.1) is 0 Å². The smallest absolute Gasteiger partial charge is 0.405 e. The lowest BCUT2D eigenvalue weighted by Gasteiger charge is -2.51. The van der Waals surface area contributed by atoms with Gasteiger partial charge >= 0.3 is 12.1 Å². The average molecular weight is 877 g/mol. The number of methoxy groups -OCH3 is 2. The summed E-state index contributed by atoms with van der Waals surface area (Å²) in [5, 5.41) is 115. The number of carboxylic acids is 1. The Hall–Kier alpha value is -3.04. The molecule has 4 saturated heterocycles. The third-order valence-electron chi connectivity index (χ3n) is 10.3. The Labute approximate surface area is 341 Å². The Morgan fingerprint density at radius 3 is 1.17 bits per heavy atom. The molecule has 0 spiro atoms. The van der Waals surface area contributed by atoms with Gasteiger partial charge in [-0.05, 0) is 0 Å². The zero-order valence-electron chi connectivity index (χ0n) is 32.9. The molecule has 0 bridgehead atoms. The quantitative estimate of drug-likeness (QED) is 0.0608. The van der Waals surface area contributed by atoms with Gasteiger partial charge in [0.05, 0.1) is 39.0 Å². The predicted molar refractivity (Wildman–Crippen MR) is 189 cm³/mol. The molecule has 0 saturated carbocycles. The summed E-state index contributed by atoms with van der Waals surface area (Å²) in [6.07, 6.45) is -27.3. The van der Waals surface area contributed by atoms with Gasteiger partial charge in [-0.2, -0.15) is 0 Å². The number of aliphatic hydroxyl groups excluding tert-OH is 8. The maximum absolute atomic E-state index is 12.4. The maximum atomic E-state index is 12.4. The third kappa shape index (κ3) is 11.5. The van der Waals surface area contributed by atoms with E-state index in [1.807, 2.05) is 5.32 Å². The van der Waals surface area contributed by atoms with Gasteiger partial charge in [0.15, 0.2) is 25.2 Å². The van der Waals surface area contributed by atoms with E-state index in [4.69, 9.17) is 42.6 Å². The van der Waals surface area contributed by atoms with Crippen molar-refractivity contribution >= 4 is 23.9 Å². The fourth-order valence-electron chi connectivity index (χ4n) is 7.57. The Morgan fingerprint density at radius 2 is 0.833 bits per heavy atom. The monoisotopic (exact) mass is 876 g/mol. The number of hydrogen-bond donors (Lipinski definition) is 14. The van der Waals surface area contributed by atoms with E-state index in [1.165, 1.54) is 7.11 Å². The third-order valence-corrected chi connectivity index (χ3v) is 10.3. The van der Waals surface area contributed by atoms with Gasteiger partial charge in [0, 0.05) is 28.1 Å². The summed E-state index contributed by atoms with van der Waals surface area (Å²) in [6, 6.07) is -6.11. The molecule has 60 heavy (non-hydrogen) atoms. The molecule has 0 radical (unpaired) electrons. The van der Waals surface area contributed by atoms with Crippen LogP contribution >= 0.6 is 0 Å². The van der Waals surface area contributed by atoms with E-state index in [9.17, 15) is 70.2 Å². The first-order chi connectivity index (χ1) is 28.4. The van der Waals surface area contributed by atoms with E-state index in [0.717, 1.165) is 21.0 Å². The van der Waals surface area contributed by atoms with Gasteiger partial charge in [0.25, 0.3) is 0 Å². The average Bonchev–Trinajstić information content (AvgIpc) is 3.19. The Morgan fingerprint density at radius 1 is 0.500 bits per heavy atom. The Bertz CT molecular complexity index is 1420. The molecule has 4 rings (SSSR count). The van der Waals surface area contributed by atoms with Gasteiger partial charge in [-0.15, -0.1) is 0 Å². The highest BCUT2D eigenvalue weighted by atomic mass is 16.8. The molecule has 0 aromatic rings. The van der Waals surface area contributed by atoms with Crippen LogP contribution in [0.4, 0.5) is 4.79 Å². The molecule has 14 N–H and O–H groups in total. The number of aliphatic hydroxyl groups is 8. The summed E-state index contributed by atoms with van der Waals surface area (Å²) in [4.78, 5) is 47.7. The minimum Gasteiger partial charge on any atom is -0.480 e. The number of carboxylic acid groups (broad SMARTS) is 2. The highest BCUT2D eigenvalue weighted by Gasteiger charge is 2.56. The topological polar surface area (TPSA) is 402 Å². The molecule has 4 aliphatic heterocycles. The molecule has 27 nitrogen and oxygen atoms in total. The van der Waals surface area contributed by atoms with Crippen LogP contribution in [0.25, 0.3) is 0 Å². The van der Waals surface area contributed by atoms with Crippen molar-refractivity contribution in [3.05, 3.63) is 0 Å². The van der Waals surface area contributed by atoms with Crippen molar-refractivity contribution < 1.29 is 113 Å². The van der Waals surface area contributed by atoms with E-state index in [-0.39, 0.29) is 0 Å². The highest BCUT2D eigenvalue weighted by molar-refractivity contribution is 5.73. The number of amides is 3. The van der Waals surface area contributed by atoms with Crippen molar-refractivity contribution in [3.63, 3.8) is 0 Å². The molecule has 3 amide bonds. The number of nitrogens with one attached hydrogen (secondary N) is 4. The van der Waals surface area contributed by atoms with E-state index < -0.39 is 179 Å². The molecule has 0 aliphatic carbocycles. The molecule has 4 heterocycles. The van der Waals surface area contributed by atoms with Gasteiger partial charge in [-0.1, -0.05) is 0 Å². The van der Waals surface area contributed by atoms with E-state index in [0.29, 0.717) is 0 Å². The van der Waals surface area contributed by atoms with Crippen molar-refractivity contribution in [1.29, 1.82) is 0 Å². The number of aliphatic carboxylic acids is 1. The van der Waals surface area contributed by atoms with Crippen LogP contribution in [0.5, 0.6) is 0 Å². The van der Waals surface area contributed by atoms with Gasteiger partial charge in [0.1, 0.15) is 91.4 Å². The summed E-state index contributed by atoms with van der Waals surface area (Å²) >= 11 is 0. The largest absolute Gasteiger partial charge is 0.480 e. The van der Waals surface area contributed by atoms with E-state index in [2.05, 4.69) is 16.0 Å². The molecular formula is C33H56N4O23. The highest BCUT2D eigenvalue weighted by Crippen LogP contribution is 2.35. The fraction of sp³-hybridized carbons (Fsp3) is 0.879. The maximum Gasteiger partial charge on any atom is 0.405 e. The minimum atomic E-state index is -1.93. The second kappa shape index (κ2) is 22.4. The zero-order valence-corrected chi connectivity index (χ0v) is 32.9. The Kier molecular flexibility index (Phi) is 18.5. The van der Waals surface area contributed by atoms with E-state index >= 15 is 0 Å². The molecule has 4 aliphatic rings. The number of hydrogen-bond acceptors (Lipinski definition) is 22. The van der Waals surface area contributed by atoms with Gasteiger partial charge in [-0.25, -0.2) is 4.79 Å². The lowest BCUT2D eigenvalue weighted by Crippen LogP contribution is -2.71. The lowest BCUT2D eigenvalue weighted by atomic mass is 9.93. The first-order valence-electron chi connectivity index (χ1n) is 18.7. The van der Waals surface area contributed by atoms with Crippen LogP contribution in [-0.2, 0) is 57.0 Å². The molecule has 4 fully saturated rings. The van der Waals surface area contributed by atoms with Crippen molar-refractivity contribution in [2.45, 2.75) is 136 Å². The summed E-state index contributed by atoms with van der Waals surface area (Å²) < 4.78 is 51.6. The second-order valence-electron chi connectivity index (χ2n) is 14.3. The lowest BCUT2D eigenvalue weighted by molar-refractivity contribution is -0.363. The van der Waals surface area contributed by atoms with Crippen molar-refractivity contribution in [2.75, 3.05) is 47.2 Å². The van der Waals surface area contributed by atoms with Gasteiger partial charge < -0.3 is 110 Å². The number of carbonyl (C=O) groups excluding carboxylic acids is 2. The summed E-state index contributed by atoms with van der Waals surface area (Å²) in [7, 11) is 2.38. The van der Waals surface area contributed by atoms with Crippen LogP contribution in [-0.4, -0.2) is 245 Å². The van der Waals surface area contributed by atoms with Crippen LogP contribution in [0.15, 0.2) is 0 Å². The summed E-state index contributed by atoms with van der Waals surface area (Å²) in [6.45, 7) is -2.02. The standard InChI is InChI=1S/C33H56N4O23/c1-10(42)35-19-22(47)25(52-3)12(6-38)55-31(19)59-26-14(8-40)56-30(17(21(26)46)34-5-16(44)45)58-28-15(9-41)57-32(20(24(28)49)36-11(2)43)60-27-13(7-39)54-29(53-4)18(23(27)48)37-33(50)51/h12-15,17-32,34,37-41,46-49H,5-9H2,1-4H3,(H,35,42)(H,36,43)(H,44,45)(H,50,51). The molecule has 0 aromatic heterocycles. The minimum absolute atomic E-state index is 0.644. The molecular weight excluding hydrogens is 820 g/mol. The molecule has 20 unspecified atom stereocenters. The van der Waals surface area contributed by atoms with Crippen LogP contribution in [0.2, 0.25) is 0 Å². The number of rotatable bonds is 18. The zero-order chi connectivity index (χ0) is 44.6. The van der Waals surface area contributed by atoms with Crippen molar-refractivity contribution in [3.8, 4) is 0 Å². The first kappa shape index (κ1) is 49.6. The first-order valence-corrected chi connectivity index (χ1v) is 18.7.